The van der Waals surface area contributed by atoms with Gasteiger partial charge < -0.3 is 5.32 Å². The number of aromatic nitrogens is 2. The lowest BCUT2D eigenvalue weighted by Crippen LogP contribution is -2.17. The molecule has 0 atom stereocenters. The first-order valence-electron chi connectivity index (χ1n) is 9.22. The predicted molar refractivity (Wildman–Crippen MR) is 114 cm³/mol. The first-order chi connectivity index (χ1) is 13.0. The highest BCUT2D eigenvalue weighted by molar-refractivity contribution is 8.00. The van der Waals surface area contributed by atoms with Gasteiger partial charge in [0, 0.05) is 11.1 Å². The monoisotopic (exact) mass is 379 g/mol. The fourth-order valence-electron chi connectivity index (χ4n) is 3.10. The number of nitrogens with zero attached hydrogens (tertiary/aromatic N) is 2. The van der Waals surface area contributed by atoms with E-state index in [1.807, 2.05) is 24.3 Å². The van der Waals surface area contributed by atoms with Crippen LogP contribution < -0.4 is 5.32 Å². The molecule has 0 aliphatic heterocycles. The standard InChI is InChI=1S/C22H25N3OS/c1-14(2)16-9-7-10-17(15(3)4)21(16)25-20(26)12-27-22-18-8-5-6-11-19(18)23-13-24-22/h5-11,13-15H,12H2,1-4H3,(H,25,26). The van der Waals surface area contributed by atoms with Crippen molar-refractivity contribution in [2.75, 3.05) is 11.1 Å². The van der Waals surface area contributed by atoms with Gasteiger partial charge in [-0.15, -0.1) is 0 Å². The zero-order chi connectivity index (χ0) is 19.4. The van der Waals surface area contributed by atoms with Gasteiger partial charge in [0.25, 0.3) is 0 Å². The summed E-state index contributed by atoms with van der Waals surface area (Å²) in [4.78, 5) is 21.3. The van der Waals surface area contributed by atoms with E-state index >= 15 is 0 Å². The van der Waals surface area contributed by atoms with Gasteiger partial charge >= 0.3 is 0 Å². The minimum Gasteiger partial charge on any atom is -0.325 e. The fourth-order valence-corrected chi connectivity index (χ4v) is 3.89. The number of hydrogen-bond acceptors (Lipinski definition) is 4. The maximum Gasteiger partial charge on any atom is 0.234 e. The minimum absolute atomic E-state index is 0.0160. The third-order valence-electron chi connectivity index (χ3n) is 4.48. The Kier molecular flexibility index (Phi) is 6.11. The summed E-state index contributed by atoms with van der Waals surface area (Å²) >= 11 is 1.44. The molecular weight excluding hydrogens is 354 g/mol. The molecule has 5 heteroatoms. The van der Waals surface area contributed by atoms with Crippen LogP contribution in [0.3, 0.4) is 0 Å². The number of nitrogens with one attached hydrogen (secondary N) is 1. The van der Waals surface area contributed by atoms with E-state index < -0.39 is 0 Å². The maximum atomic E-state index is 12.7. The van der Waals surface area contributed by atoms with Gasteiger partial charge in [0.2, 0.25) is 5.91 Å². The lowest BCUT2D eigenvalue weighted by atomic mass is 9.92. The Morgan fingerprint density at radius 2 is 1.63 bits per heavy atom. The predicted octanol–water partition coefficient (Wildman–Crippen LogP) is 5.61. The summed E-state index contributed by atoms with van der Waals surface area (Å²) < 4.78 is 0. The summed E-state index contributed by atoms with van der Waals surface area (Å²) in [6.07, 6.45) is 1.55. The van der Waals surface area contributed by atoms with E-state index in [-0.39, 0.29) is 5.91 Å². The van der Waals surface area contributed by atoms with Crippen molar-refractivity contribution in [3.05, 3.63) is 59.9 Å². The zero-order valence-electron chi connectivity index (χ0n) is 16.2. The molecule has 4 nitrogen and oxygen atoms in total. The molecule has 0 aliphatic rings. The third-order valence-corrected chi connectivity index (χ3v) is 5.49. The van der Waals surface area contributed by atoms with Crippen LogP contribution in [0.2, 0.25) is 0 Å². The van der Waals surface area contributed by atoms with Crippen molar-refractivity contribution < 1.29 is 4.79 Å². The van der Waals surface area contributed by atoms with Gasteiger partial charge in [-0.2, -0.15) is 0 Å². The SMILES string of the molecule is CC(C)c1cccc(C(C)C)c1NC(=O)CSc1ncnc2ccccc12. The smallest absolute Gasteiger partial charge is 0.234 e. The molecule has 0 bridgehead atoms. The van der Waals surface area contributed by atoms with Gasteiger partial charge in [0.1, 0.15) is 11.4 Å². The molecule has 140 valence electrons. The van der Waals surface area contributed by atoms with E-state index in [1.165, 1.54) is 22.9 Å². The van der Waals surface area contributed by atoms with E-state index in [0.29, 0.717) is 17.6 Å². The van der Waals surface area contributed by atoms with Crippen molar-refractivity contribution in [1.29, 1.82) is 0 Å². The average molecular weight is 380 g/mol. The Labute approximate surface area is 164 Å². The van der Waals surface area contributed by atoms with Crippen molar-refractivity contribution in [1.82, 2.24) is 9.97 Å². The summed E-state index contributed by atoms with van der Waals surface area (Å²) in [5, 5.41) is 4.96. The topological polar surface area (TPSA) is 54.9 Å². The van der Waals surface area contributed by atoms with Crippen LogP contribution >= 0.6 is 11.8 Å². The normalized spacial score (nSPS) is 11.3. The molecule has 0 fully saturated rings. The molecule has 3 aromatic rings. The Morgan fingerprint density at radius 3 is 2.30 bits per heavy atom. The molecule has 1 aromatic heterocycles. The first kappa shape index (κ1) is 19.4. The molecule has 1 amide bonds. The Bertz CT molecular complexity index is 922. The Morgan fingerprint density at radius 1 is 0.963 bits per heavy atom. The van der Waals surface area contributed by atoms with Crippen molar-refractivity contribution in [2.24, 2.45) is 0 Å². The van der Waals surface area contributed by atoms with E-state index in [1.54, 1.807) is 6.33 Å². The van der Waals surface area contributed by atoms with Crippen LogP contribution in [0.4, 0.5) is 5.69 Å². The highest BCUT2D eigenvalue weighted by Gasteiger charge is 2.16. The summed E-state index contributed by atoms with van der Waals surface area (Å²) in [7, 11) is 0. The van der Waals surface area contributed by atoms with Crippen LogP contribution in [0.5, 0.6) is 0 Å². The van der Waals surface area contributed by atoms with Crippen molar-refractivity contribution in [3.63, 3.8) is 0 Å². The summed E-state index contributed by atoms with van der Waals surface area (Å²) in [5.41, 5.74) is 4.20. The number of amides is 1. The second-order valence-electron chi connectivity index (χ2n) is 7.15. The van der Waals surface area contributed by atoms with Crippen LogP contribution in [-0.4, -0.2) is 21.6 Å². The van der Waals surface area contributed by atoms with Gasteiger partial charge in [-0.25, -0.2) is 9.97 Å². The van der Waals surface area contributed by atoms with E-state index in [2.05, 4.69) is 61.2 Å². The number of benzene rings is 2. The van der Waals surface area contributed by atoms with Crippen LogP contribution in [0.1, 0.15) is 50.7 Å². The van der Waals surface area contributed by atoms with Crippen molar-refractivity contribution in [2.45, 2.75) is 44.6 Å². The summed E-state index contributed by atoms with van der Waals surface area (Å²) in [6.45, 7) is 8.60. The van der Waals surface area contributed by atoms with E-state index in [9.17, 15) is 4.79 Å². The molecule has 0 aliphatic carbocycles. The van der Waals surface area contributed by atoms with Crippen molar-refractivity contribution >= 4 is 34.3 Å². The lowest BCUT2D eigenvalue weighted by Gasteiger charge is -2.20. The number of thioether (sulfide) groups is 1. The quantitative estimate of drug-likeness (QED) is 0.447. The lowest BCUT2D eigenvalue weighted by molar-refractivity contribution is -0.113. The highest BCUT2D eigenvalue weighted by atomic mass is 32.2. The second-order valence-corrected chi connectivity index (χ2v) is 8.12. The molecule has 0 unspecified atom stereocenters. The fraction of sp³-hybridized carbons (Fsp3) is 0.318. The van der Waals surface area contributed by atoms with Crippen LogP contribution in [0.25, 0.3) is 10.9 Å². The number of fused-ring (bicyclic) bond motifs is 1. The van der Waals surface area contributed by atoms with Gasteiger partial charge in [-0.05, 0) is 29.0 Å². The summed E-state index contributed by atoms with van der Waals surface area (Å²) in [5.74, 6) is 0.984. The number of anilines is 1. The molecule has 0 saturated heterocycles. The molecule has 27 heavy (non-hydrogen) atoms. The van der Waals surface area contributed by atoms with Gasteiger partial charge in [-0.3, -0.25) is 4.79 Å². The molecule has 1 heterocycles. The van der Waals surface area contributed by atoms with Gasteiger partial charge in [-0.1, -0.05) is 75.9 Å². The molecule has 0 radical (unpaired) electrons. The first-order valence-corrected chi connectivity index (χ1v) is 10.2. The number of hydrogen-bond donors (Lipinski definition) is 1. The second kappa shape index (κ2) is 8.53. The number of carbonyl (C=O) groups is 1. The van der Waals surface area contributed by atoms with Crippen LogP contribution in [0, 0.1) is 0 Å². The number of rotatable bonds is 6. The highest BCUT2D eigenvalue weighted by Crippen LogP contribution is 2.33. The summed E-state index contributed by atoms with van der Waals surface area (Å²) in [6, 6.07) is 14.1. The molecule has 0 saturated carbocycles. The van der Waals surface area contributed by atoms with Crippen molar-refractivity contribution in [3.8, 4) is 0 Å². The molecule has 2 aromatic carbocycles. The zero-order valence-corrected chi connectivity index (χ0v) is 17.0. The molecule has 3 rings (SSSR count). The van der Waals surface area contributed by atoms with E-state index in [0.717, 1.165) is 21.6 Å². The largest absolute Gasteiger partial charge is 0.325 e. The maximum absolute atomic E-state index is 12.7. The van der Waals surface area contributed by atoms with Gasteiger partial charge in [0.05, 0.1) is 11.3 Å². The minimum atomic E-state index is -0.0160. The Hall–Kier alpha value is -2.40. The average Bonchev–Trinajstić information content (AvgIpc) is 2.66. The molecule has 1 N–H and O–H groups in total. The van der Waals surface area contributed by atoms with E-state index in [4.69, 9.17) is 0 Å². The molecular formula is C22H25N3OS. The van der Waals surface area contributed by atoms with Crippen LogP contribution in [-0.2, 0) is 4.79 Å². The Balaban J connectivity index is 1.78. The molecule has 0 spiro atoms. The van der Waals surface area contributed by atoms with Gasteiger partial charge in [0.15, 0.2) is 0 Å². The van der Waals surface area contributed by atoms with Crippen LogP contribution in [0.15, 0.2) is 53.8 Å². The third kappa shape index (κ3) is 4.48. The number of carbonyl (C=O) groups excluding carboxylic acids is 1. The number of para-hydroxylation sites is 2.